The molecule has 0 unspecified atom stereocenters. The van der Waals surface area contributed by atoms with Gasteiger partial charge in [0, 0.05) is 48.9 Å². The minimum Gasteiger partial charge on any atom is -0.489 e. The van der Waals surface area contributed by atoms with E-state index in [9.17, 15) is 0 Å². The van der Waals surface area contributed by atoms with Crippen LogP contribution in [0.15, 0.2) is 42.5 Å². The lowest BCUT2D eigenvalue weighted by atomic mass is 9.88. The van der Waals surface area contributed by atoms with Gasteiger partial charge in [-0.15, -0.1) is 0 Å². The largest absolute Gasteiger partial charge is 0.489 e. The first-order chi connectivity index (χ1) is 20.1. The molecule has 4 aromatic rings. The topological polar surface area (TPSA) is 140 Å². The van der Waals surface area contributed by atoms with Crippen molar-refractivity contribution < 1.29 is 14.2 Å². The van der Waals surface area contributed by atoms with Gasteiger partial charge in [0.2, 0.25) is 5.95 Å². The summed E-state index contributed by atoms with van der Waals surface area (Å²) in [4.78, 5) is 14.1. The van der Waals surface area contributed by atoms with Crippen LogP contribution in [0.4, 0.5) is 11.8 Å². The number of aryl methyl sites for hydroxylation is 1. The monoisotopic (exact) mass is 577 g/mol. The number of halogens is 1. The van der Waals surface area contributed by atoms with Crippen molar-refractivity contribution in [3.8, 4) is 23.0 Å². The van der Waals surface area contributed by atoms with Crippen molar-refractivity contribution in [1.82, 2.24) is 35.5 Å². The number of aromatic amines is 1. The third kappa shape index (κ3) is 6.67. The molecular formula is C28H32ClN9O3. The lowest BCUT2D eigenvalue weighted by molar-refractivity contribution is 0.0759. The number of hydrogen-bond donors (Lipinski definition) is 2. The molecule has 2 aliphatic rings. The smallest absolute Gasteiger partial charge is 0.332 e. The second-order valence-corrected chi connectivity index (χ2v) is 10.4. The molecule has 13 heteroatoms. The molecule has 0 bridgehead atoms. The van der Waals surface area contributed by atoms with E-state index in [1.807, 2.05) is 30.3 Å². The molecule has 214 valence electrons. The van der Waals surface area contributed by atoms with Gasteiger partial charge in [0.15, 0.2) is 0 Å². The van der Waals surface area contributed by atoms with E-state index in [0.717, 1.165) is 79.0 Å². The Hall–Kier alpha value is -4.00. The highest BCUT2D eigenvalue weighted by Crippen LogP contribution is 2.38. The Kier molecular flexibility index (Phi) is 8.40. The molecule has 0 amide bonds. The molecule has 12 nitrogen and oxygen atoms in total. The zero-order valence-electron chi connectivity index (χ0n) is 22.6. The quantitative estimate of drug-likeness (QED) is 0.254. The number of nitrogens with two attached hydrogens (primary N) is 1. The number of H-pyrrole nitrogens is 1. The van der Waals surface area contributed by atoms with Gasteiger partial charge in [-0.05, 0) is 64.7 Å². The number of nitrogen functional groups attached to an aromatic ring is 1. The summed E-state index contributed by atoms with van der Waals surface area (Å²) in [5.41, 5.74) is 11.7. The minimum atomic E-state index is 0.296. The first kappa shape index (κ1) is 27.2. The maximum atomic E-state index is 6.23. The van der Waals surface area contributed by atoms with Crippen LogP contribution in [0.1, 0.15) is 16.7 Å². The van der Waals surface area contributed by atoms with Crippen molar-refractivity contribution in [2.75, 3.05) is 63.2 Å². The summed E-state index contributed by atoms with van der Waals surface area (Å²) in [6.45, 7) is 6.44. The summed E-state index contributed by atoms with van der Waals surface area (Å²) in [5, 5.41) is 13.9. The average Bonchev–Trinajstić information content (AvgIpc) is 3.52. The standard InChI is InChI=1S/C28H32ClN9O3/c29-21-4-1-19(2-5-21)18-41-22-6-8-23-20(17-22)3-7-24-25(23)31-27(30)32-26(24)38-11-9-37(10-12-38)13-14-39-15-16-40-28-33-35-36-34-28/h1-2,4-6,8,17H,3,7,9-16,18H2,(H2,30,31,32)(H,33,34,35,36). The van der Waals surface area contributed by atoms with Crippen LogP contribution in [0, 0.1) is 0 Å². The van der Waals surface area contributed by atoms with Gasteiger partial charge in [0.05, 0.1) is 18.9 Å². The van der Waals surface area contributed by atoms with Gasteiger partial charge < -0.3 is 24.8 Å². The van der Waals surface area contributed by atoms with Gasteiger partial charge in [-0.2, -0.15) is 4.98 Å². The summed E-state index contributed by atoms with van der Waals surface area (Å²) >= 11 is 5.99. The zero-order valence-corrected chi connectivity index (χ0v) is 23.4. The second kappa shape index (κ2) is 12.7. The van der Waals surface area contributed by atoms with Crippen LogP contribution in [-0.4, -0.2) is 88.0 Å². The zero-order chi connectivity index (χ0) is 28.0. The molecule has 1 saturated heterocycles. The maximum Gasteiger partial charge on any atom is 0.332 e. The Balaban J connectivity index is 1.04. The van der Waals surface area contributed by atoms with Gasteiger partial charge in [0.1, 0.15) is 24.8 Å². The first-order valence-electron chi connectivity index (χ1n) is 13.7. The van der Waals surface area contributed by atoms with Crippen LogP contribution in [-0.2, 0) is 24.2 Å². The summed E-state index contributed by atoms with van der Waals surface area (Å²) < 4.78 is 17.1. The fraction of sp³-hybridized carbons (Fsp3) is 0.393. The van der Waals surface area contributed by atoms with E-state index in [1.54, 1.807) is 0 Å². The number of hydrogen-bond acceptors (Lipinski definition) is 11. The molecule has 41 heavy (non-hydrogen) atoms. The van der Waals surface area contributed by atoms with Gasteiger partial charge in [-0.25, -0.2) is 10.1 Å². The summed E-state index contributed by atoms with van der Waals surface area (Å²) in [5.74, 6) is 2.09. The third-order valence-electron chi connectivity index (χ3n) is 7.31. The number of tetrazole rings is 1. The summed E-state index contributed by atoms with van der Waals surface area (Å²) in [7, 11) is 0. The van der Waals surface area contributed by atoms with Crippen LogP contribution in [0.3, 0.4) is 0 Å². The molecule has 0 radical (unpaired) electrons. The van der Waals surface area contributed by atoms with Crippen LogP contribution in [0.25, 0.3) is 11.3 Å². The maximum absolute atomic E-state index is 6.23. The first-order valence-corrected chi connectivity index (χ1v) is 14.1. The number of rotatable bonds is 11. The van der Waals surface area contributed by atoms with Crippen molar-refractivity contribution in [1.29, 1.82) is 0 Å². The number of nitrogens with zero attached hydrogens (tertiary/aromatic N) is 7. The van der Waals surface area contributed by atoms with E-state index in [0.29, 0.717) is 38.4 Å². The second-order valence-electron chi connectivity index (χ2n) is 9.96. The summed E-state index contributed by atoms with van der Waals surface area (Å²) in [6.07, 6.45) is 1.76. The van der Waals surface area contributed by atoms with E-state index >= 15 is 0 Å². The molecule has 0 spiro atoms. The third-order valence-corrected chi connectivity index (χ3v) is 7.57. The molecule has 6 rings (SSSR count). The summed E-state index contributed by atoms with van der Waals surface area (Å²) in [6, 6.07) is 14.2. The number of ether oxygens (including phenoxy) is 3. The minimum absolute atomic E-state index is 0.296. The number of aromatic nitrogens is 6. The van der Waals surface area contributed by atoms with Crippen molar-refractivity contribution in [2.24, 2.45) is 0 Å². The Morgan fingerprint density at radius 2 is 1.78 bits per heavy atom. The van der Waals surface area contributed by atoms with E-state index in [1.165, 1.54) is 11.1 Å². The molecule has 1 aliphatic heterocycles. The van der Waals surface area contributed by atoms with Gasteiger partial charge in [-0.1, -0.05) is 28.8 Å². The Labute approximate surface area is 242 Å². The molecular weight excluding hydrogens is 546 g/mol. The molecule has 0 saturated carbocycles. The van der Waals surface area contributed by atoms with Crippen molar-refractivity contribution in [3.05, 3.63) is 64.2 Å². The Bertz CT molecular complexity index is 1450. The normalized spacial score (nSPS) is 14.9. The van der Waals surface area contributed by atoms with Crippen LogP contribution >= 0.6 is 11.6 Å². The Morgan fingerprint density at radius 3 is 2.59 bits per heavy atom. The highest BCUT2D eigenvalue weighted by atomic mass is 35.5. The Morgan fingerprint density at radius 1 is 0.927 bits per heavy atom. The molecule has 3 heterocycles. The number of fused-ring (bicyclic) bond motifs is 3. The van der Waals surface area contributed by atoms with E-state index < -0.39 is 0 Å². The number of nitrogens with one attached hydrogen (secondary N) is 1. The van der Waals surface area contributed by atoms with E-state index in [2.05, 4.69) is 47.5 Å². The molecule has 1 aliphatic carbocycles. The highest BCUT2D eigenvalue weighted by Gasteiger charge is 2.27. The molecule has 3 N–H and O–H groups in total. The fourth-order valence-corrected chi connectivity index (χ4v) is 5.32. The number of piperazine rings is 1. The molecule has 1 fully saturated rings. The fourth-order valence-electron chi connectivity index (χ4n) is 5.20. The average molecular weight is 578 g/mol. The molecule has 2 aromatic carbocycles. The van der Waals surface area contributed by atoms with Gasteiger partial charge >= 0.3 is 6.01 Å². The van der Waals surface area contributed by atoms with Crippen LogP contribution < -0.4 is 20.1 Å². The lowest BCUT2D eigenvalue weighted by Crippen LogP contribution is -2.48. The van der Waals surface area contributed by atoms with E-state index in [-0.39, 0.29) is 0 Å². The van der Waals surface area contributed by atoms with E-state index in [4.69, 9.17) is 36.5 Å². The SMILES string of the molecule is Nc1nc2c(c(N3CCN(CCOCCOc4nnn[nH]4)CC3)n1)CCc1cc(OCc3ccc(Cl)cc3)ccc1-2. The molecule has 2 aromatic heterocycles. The highest BCUT2D eigenvalue weighted by molar-refractivity contribution is 6.30. The predicted octanol–water partition coefficient (Wildman–Crippen LogP) is 2.79. The molecule has 0 atom stereocenters. The lowest BCUT2D eigenvalue weighted by Gasteiger charge is -2.37. The predicted molar refractivity (Wildman–Crippen MR) is 154 cm³/mol. The van der Waals surface area contributed by atoms with Gasteiger partial charge in [0.25, 0.3) is 0 Å². The number of benzene rings is 2. The van der Waals surface area contributed by atoms with Gasteiger partial charge in [-0.3, -0.25) is 4.90 Å². The van der Waals surface area contributed by atoms with Crippen LogP contribution in [0.5, 0.6) is 11.8 Å². The van der Waals surface area contributed by atoms with Crippen molar-refractivity contribution >= 4 is 23.4 Å². The van der Waals surface area contributed by atoms with Crippen LogP contribution in [0.2, 0.25) is 5.02 Å². The van der Waals surface area contributed by atoms with Crippen molar-refractivity contribution in [3.63, 3.8) is 0 Å². The number of anilines is 2. The van der Waals surface area contributed by atoms with Crippen molar-refractivity contribution in [2.45, 2.75) is 19.4 Å².